The lowest BCUT2D eigenvalue weighted by atomic mass is 10.2. The van der Waals surface area contributed by atoms with Crippen LogP contribution in [0.5, 0.6) is 0 Å². The molecule has 21 heavy (non-hydrogen) atoms. The minimum atomic E-state index is -0.502. The summed E-state index contributed by atoms with van der Waals surface area (Å²) in [5, 5.41) is 0. The topological polar surface area (TPSA) is 62.7 Å². The van der Waals surface area contributed by atoms with Crippen LogP contribution in [0.1, 0.15) is 31.3 Å². The Morgan fingerprint density at radius 1 is 1.10 bits per heavy atom. The molecule has 1 aromatic rings. The minimum Gasteiger partial charge on any atom is -0.444 e. The van der Waals surface area contributed by atoms with Gasteiger partial charge in [0, 0.05) is 32.4 Å². The summed E-state index contributed by atoms with van der Waals surface area (Å²) in [5.74, 6) is -0.0977. The Labute approximate surface area is 124 Å². The van der Waals surface area contributed by atoms with E-state index in [0.717, 1.165) is 0 Å². The normalized spacial score (nSPS) is 15.8. The van der Waals surface area contributed by atoms with Crippen molar-refractivity contribution in [1.29, 1.82) is 0 Å². The molecule has 1 fully saturated rings. The van der Waals surface area contributed by atoms with Gasteiger partial charge in [-0.05, 0) is 32.9 Å². The molecule has 0 saturated carbocycles. The van der Waals surface area contributed by atoms with E-state index in [1.165, 1.54) is 0 Å². The van der Waals surface area contributed by atoms with Gasteiger partial charge in [-0.1, -0.05) is 6.07 Å². The molecular weight excluding hydrogens is 270 g/mol. The van der Waals surface area contributed by atoms with Gasteiger partial charge < -0.3 is 14.5 Å². The molecule has 0 bridgehead atoms. The molecule has 0 unspecified atom stereocenters. The smallest absolute Gasteiger partial charge is 0.410 e. The van der Waals surface area contributed by atoms with Crippen molar-refractivity contribution in [3.05, 3.63) is 30.1 Å². The quantitative estimate of drug-likeness (QED) is 0.791. The molecule has 0 spiro atoms. The molecule has 114 valence electrons. The number of nitrogens with zero attached hydrogens (tertiary/aromatic N) is 3. The van der Waals surface area contributed by atoms with Crippen LogP contribution in [0.4, 0.5) is 4.79 Å². The molecule has 2 amide bonds. The van der Waals surface area contributed by atoms with Crippen molar-refractivity contribution in [3.8, 4) is 0 Å². The summed E-state index contributed by atoms with van der Waals surface area (Å²) in [5.41, 5.74) is -0.0685. The van der Waals surface area contributed by atoms with E-state index < -0.39 is 5.60 Å². The molecule has 1 aliphatic heterocycles. The average molecular weight is 291 g/mol. The third-order valence-corrected chi connectivity index (χ3v) is 3.10. The maximum absolute atomic E-state index is 12.2. The second-order valence-corrected chi connectivity index (χ2v) is 5.97. The van der Waals surface area contributed by atoms with Crippen molar-refractivity contribution in [2.24, 2.45) is 0 Å². The average Bonchev–Trinajstić information content (AvgIpc) is 2.46. The number of hydrogen-bond donors (Lipinski definition) is 0. The van der Waals surface area contributed by atoms with Crippen LogP contribution in [0.2, 0.25) is 0 Å². The van der Waals surface area contributed by atoms with Gasteiger partial charge in [0.15, 0.2) is 0 Å². The third-order valence-electron chi connectivity index (χ3n) is 3.10. The molecule has 2 rings (SSSR count). The number of piperazine rings is 1. The van der Waals surface area contributed by atoms with E-state index in [-0.39, 0.29) is 12.0 Å². The van der Waals surface area contributed by atoms with Crippen molar-refractivity contribution in [3.63, 3.8) is 0 Å². The Morgan fingerprint density at radius 2 is 1.71 bits per heavy atom. The SMILES string of the molecule is CC(C)(C)OC(=O)N1CCN(C(=O)c2ccccn2)CC1. The summed E-state index contributed by atoms with van der Waals surface area (Å²) < 4.78 is 5.33. The Hall–Kier alpha value is -2.11. The summed E-state index contributed by atoms with van der Waals surface area (Å²) in [6, 6.07) is 5.26. The van der Waals surface area contributed by atoms with E-state index in [2.05, 4.69) is 4.98 Å². The van der Waals surface area contributed by atoms with Gasteiger partial charge in [-0.2, -0.15) is 0 Å². The highest BCUT2D eigenvalue weighted by atomic mass is 16.6. The van der Waals surface area contributed by atoms with E-state index >= 15 is 0 Å². The molecule has 6 heteroatoms. The van der Waals surface area contributed by atoms with E-state index in [1.807, 2.05) is 20.8 Å². The van der Waals surface area contributed by atoms with Gasteiger partial charge in [-0.3, -0.25) is 9.78 Å². The van der Waals surface area contributed by atoms with Crippen LogP contribution in [-0.2, 0) is 4.74 Å². The summed E-state index contributed by atoms with van der Waals surface area (Å²) in [4.78, 5) is 31.6. The Kier molecular flexibility index (Phi) is 4.45. The maximum Gasteiger partial charge on any atom is 0.410 e. The number of pyridine rings is 1. The number of carbonyl (C=O) groups is 2. The molecule has 1 saturated heterocycles. The fraction of sp³-hybridized carbons (Fsp3) is 0.533. The number of aromatic nitrogens is 1. The molecule has 2 heterocycles. The monoisotopic (exact) mass is 291 g/mol. The van der Waals surface area contributed by atoms with E-state index in [0.29, 0.717) is 31.9 Å². The zero-order chi connectivity index (χ0) is 15.5. The van der Waals surface area contributed by atoms with Crippen LogP contribution >= 0.6 is 0 Å². The van der Waals surface area contributed by atoms with Gasteiger partial charge in [0.2, 0.25) is 0 Å². The number of ether oxygens (including phenoxy) is 1. The van der Waals surface area contributed by atoms with Gasteiger partial charge in [0.05, 0.1) is 0 Å². The highest BCUT2D eigenvalue weighted by molar-refractivity contribution is 5.92. The molecule has 0 aromatic carbocycles. The first-order chi connectivity index (χ1) is 9.87. The fourth-order valence-corrected chi connectivity index (χ4v) is 2.07. The standard InChI is InChI=1S/C15H21N3O3/c1-15(2,3)21-14(20)18-10-8-17(9-11-18)13(19)12-6-4-5-7-16-12/h4-7H,8-11H2,1-3H3. The second kappa shape index (κ2) is 6.11. The fourth-order valence-electron chi connectivity index (χ4n) is 2.07. The second-order valence-electron chi connectivity index (χ2n) is 5.97. The lowest BCUT2D eigenvalue weighted by Gasteiger charge is -2.35. The van der Waals surface area contributed by atoms with E-state index in [1.54, 1.807) is 34.2 Å². The minimum absolute atomic E-state index is 0.0977. The number of hydrogen-bond acceptors (Lipinski definition) is 4. The zero-order valence-corrected chi connectivity index (χ0v) is 12.7. The molecule has 1 aromatic heterocycles. The number of amides is 2. The van der Waals surface area contributed by atoms with Gasteiger partial charge in [-0.25, -0.2) is 4.79 Å². The number of rotatable bonds is 1. The van der Waals surface area contributed by atoms with Crippen LogP contribution in [0.25, 0.3) is 0 Å². The maximum atomic E-state index is 12.2. The zero-order valence-electron chi connectivity index (χ0n) is 12.7. The van der Waals surface area contributed by atoms with Crippen molar-refractivity contribution in [1.82, 2.24) is 14.8 Å². The Morgan fingerprint density at radius 3 is 2.24 bits per heavy atom. The molecule has 0 aliphatic carbocycles. The van der Waals surface area contributed by atoms with Crippen LogP contribution in [0, 0.1) is 0 Å². The molecule has 6 nitrogen and oxygen atoms in total. The largest absolute Gasteiger partial charge is 0.444 e. The molecule has 1 aliphatic rings. The predicted octanol–water partition coefficient (Wildman–Crippen LogP) is 1.77. The van der Waals surface area contributed by atoms with Gasteiger partial charge in [0.25, 0.3) is 5.91 Å². The van der Waals surface area contributed by atoms with Crippen LogP contribution in [0.15, 0.2) is 24.4 Å². The first-order valence-electron chi connectivity index (χ1n) is 7.05. The predicted molar refractivity (Wildman–Crippen MR) is 77.9 cm³/mol. The highest BCUT2D eigenvalue weighted by Gasteiger charge is 2.28. The van der Waals surface area contributed by atoms with Crippen molar-refractivity contribution in [2.75, 3.05) is 26.2 Å². The highest BCUT2D eigenvalue weighted by Crippen LogP contribution is 2.12. The van der Waals surface area contributed by atoms with E-state index in [9.17, 15) is 9.59 Å². The summed E-state index contributed by atoms with van der Waals surface area (Å²) >= 11 is 0. The summed E-state index contributed by atoms with van der Waals surface area (Å²) in [6.07, 6.45) is 1.27. The van der Waals surface area contributed by atoms with Crippen molar-refractivity contribution >= 4 is 12.0 Å². The molecule has 0 N–H and O–H groups in total. The molecule has 0 radical (unpaired) electrons. The molecular formula is C15H21N3O3. The Balaban J connectivity index is 1.89. The Bertz CT molecular complexity index is 503. The number of carbonyl (C=O) groups excluding carboxylic acids is 2. The summed E-state index contributed by atoms with van der Waals surface area (Å²) in [7, 11) is 0. The summed E-state index contributed by atoms with van der Waals surface area (Å²) in [6.45, 7) is 7.47. The van der Waals surface area contributed by atoms with Gasteiger partial charge >= 0.3 is 6.09 Å². The van der Waals surface area contributed by atoms with Crippen molar-refractivity contribution in [2.45, 2.75) is 26.4 Å². The molecule has 0 atom stereocenters. The van der Waals surface area contributed by atoms with Crippen LogP contribution in [0.3, 0.4) is 0 Å². The van der Waals surface area contributed by atoms with Crippen LogP contribution < -0.4 is 0 Å². The third kappa shape index (κ3) is 4.18. The lowest BCUT2D eigenvalue weighted by molar-refractivity contribution is 0.0140. The first-order valence-corrected chi connectivity index (χ1v) is 7.05. The van der Waals surface area contributed by atoms with E-state index in [4.69, 9.17) is 4.74 Å². The van der Waals surface area contributed by atoms with Gasteiger partial charge in [0.1, 0.15) is 11.3 Å². The van der Waals surface area contributed by atoms with Gasteiger partial charge in [-0.15, -0.1) is 0 Å². The van der Waals surface area contributed by atoms with Crippen molar-refractivity contribution < 1.29 is 14.3 Å². The lowest BCUT2D eigenvalue weighted by Crippen LogP contribution is -2.51. The first kappa shape index (κ1) is 15.3. The van der Waals surface area contributed by atoms with Crippen LogP contribution in [-0.4, -0.2) is 58.6 Å².